The van der Waals surface area contributed by atoms with E-state index in [1.165, 1.54) is 13.8 Å². The maximum Gasteiger partial charge on any atom is 0.302 e. The minimum atomic E-state index is -0.218. The van der Waals surface area contributed by atoms with Crippen LogP contribution >= 0.6 is 0 Å². The summed E-state index contributed by atoms with van der Waals surface area (Å²) >= 11 is 0. The zero-order valence-corrected chi connectivity index (χ0v) is 17.7. The van der Waals surface area contributed by atoms with Crippen LogP contribution < -0.4 is 0 Å². The first-order valence-corrected chi connectivity index (χ1v) is 11.0. The molecule has 0 saturated heterocycles. The van der Waals surface area contributed by atoms with Crippen molar-refractivity contribution in [3.63, 3.8) is 0 Å². The average molecular weight is 391 g/mol. The van der Waals surface area contributed by atoms with E-state index < -0.39 is 0 Å². The van der Waals surface area contributed by atoms with Gasteiger partial charge in [0.15, 0.2) is 0 Å². The van der Waals surface area contributed by atoms with Gasteiger partial charge in [0.05, 0.1) is 0 Å². The molecule has 4 aliphatic rings. The number of esters is 2. The summed E-state index contributed by atoms with van der Waals surface area (Å²) in [6.45, 7) is 7.58. The number of rotatable bonds is 2. The Morgan fingerprint density at radius 3 is 2.21 bits per heavy atom. The van der Waals surface area contributed by atoms with Crippen LogP contribution in [0.3, 0.4) is 0 Å². The molecule has 0 heterocycles. The SMILES string of the molecule is CC(=O)O[C@@H]1CC[C@@]2(C)[C@@H](CC(=O)[C@@H]3[C@H]2CC[C@]2(C)[C@@H]3CC[C@H]2OC(C)=O)C1. The minimum Gasteiger partial charge on any atom is -0.463 e. The van der Waals surface area contributed by atoms with E-state index >= 15 is 0 Å². The van der Waals surface area contributed by atoms with E-state index in [1.807, 2.05) is 0 Å². The van der Waals surface area contributed by atoms with Gasteiger partial charge in [-0.2, -0.15) is 0 Å². The Kier molecular flexibility index (Phi) is 4.86. The molecule has 0 N–H and O–H groups in total. The number of carbonyl (C=O) groups excluding carboxylic acids is 3. The molecule has 0 bridgehead atoms. The summed E-state index contributed by atoms with van der Waals surface area (Å²) in [4.78, 5) is 36.3. The predicted molar refractivity (Wildman–Crippen MR) is 103 cm³/mol. The summed E-state index contributed by atoms with van der Waals surface area (Å²) in [5.74, 6) is 1.12. The van der Waals surface area contributed by atoms with Crippen molar-refractivity contribution in [1.29, 1.82) is 0 Å². The number of Topliss-reactive ketones (excluding diaryl/α,β-unsaturated/α-hetero) is 1. The summed E-state index contributed by atoms with van der Waals surface area (Å²) < 4.78 is 11.2. The maximum atomic E-state index is 13.4. The molecule has 4 rings (SSSR count). The molecule has 5 heteroatoms. The molecule has 0 unspecified atom stereocenters. The van der Waals surface area contributed by atoms with Crippen molar-refractivity contribution in [1.82, 2.24) is 0 Å². The number of ketones is 1. The fourth-order valence-corrected chi connectivity index (χ4v) is 7.58. The maximum absolute atomic E-state index is 13.4. The lowest BCUT2D eigenvalue weighted by molar-refractivity contribution is -0.173. The van der Waals surface area contributed by atoms with Crippen molar-refractivity contribution >= 4 is 17.7 Å². The third kappa shape index (κ3) is 3.00. The zero-order valence-electron chi connectivity index (χ0n) is 17.7. The van der Waals surface area contributed by atoms with Gasteiger partial charge in [0.25, 0.3) is 0 Å². The topological polar surface area (TPSA) is 69.7 Å². The van der Waals surface area contributed by atoms with Gasteiger partial charge < -0.3 is 9.47 Å². The number of carbonyl (C=O) groups is 3. The van der Waals surface area contributed by atoms with Gasteiger partial charge in [0.2, 0.25) is 0 Å². The number of hydrogen-bond acceptors (Lipinski definition) is 5. The number of ether oxygens (including phenoxy) is 2. The smallest absolute Gasteiger partial charge is 0.302 e. The Balaban J connectivity index is 1.57. The van der Waals surface area contributed by atoms with Crippen LogP contribution in [0.2, 0.25) is 0 Å². The monoisotopic (exact) mass is 390 g/mol. The van der Waals surface area contributed by atoms with E-state index in [9.17, 15) is 14.4 Å². The predicted octanol–water partition coefficient (Wildman–Crippen LogP) is 4.07. The van der Waals surface area contributed by atoms with Gasteiger partial charge in [-0.15, -0.1) is 0 Å². The van der Waals surface area contributed by atoms with E-state index in [1.54, 1.807) is 0 Å². The summed E-state index contributed by atoms with van der Waals surface area (Å²) in [5.41, 5.74) is 0.0801. The second-order valence-corrected chi connectivity index (χ2v) is 10.3. The van der Waals surface area contributed by atoms with E-state index in [-0.39, 0.29) is 40.9 Å². The van der Waals surface area contributed by atoms with Crippen molar-refractivity contribution < 1.29 is 23.9 Å². The highest BCUT2D eigenvalue weighted by Gasteiger charge is 2.63. The quantitative estimate of drug-likeness (QED) is 0.665. The van der Waals surface area contributed by atoms with Crippen LogP contribution in [0.5, 0.6) is 0 Å². The molecule has 4 aliphatic carbocycles. The molecule has 28 heavy (non-hydrogen) atoms. The van der Waals surface area contributed by atoms with Gasteiger partial charge in [-0.3, -0.25) is 14.4 Å². The molecule has 4 fully saturated rings. The molecular formula is C23H34O5. The van der Waals surface area contributed by atoms with Crippen LogP contribution in [-0.2, 0) is 23.9 Å². The Labute approximate surface area is 167 Å². The lowest BCUT2D eigenvalue weighted by atomic mass is 9.45. The standard InChI is InChI=1S/C23H34O5/c1-13(24)27-16-7-9-22(3)15(11-16)12-19(26)21-17-5-6-20(28-14(2)25)23(17,4)10-8-18(21)22/h15-18,20-21H,5-12H2,1-4H3/t15-,16-,17-,18-,20-,21+,22+,23-/m1/s1. The van der Waals surface area contributed by atoms with Gasteiger partial charge in [-0.05, 0) is 68.1 Å². The van der Waals surface area contributed by atoms with Crippen molar-refractivity contribution in [3.05, 3.63) is 0 Å². The summed E-state index contributed by atoms with van der Waals surface area (Å²) in [6, 6.07) is 0. The Morgan fingerprint density at radius 2 is 1.54 bits per heavy atom. The van der Waals surface area contributed by atoms with Crippen molar-refractivity contribution in [2.24, 2.45) is 34.5 Å². The highest BCUT2D eigenvalue weighted by Crippen LogP contribution is 2.65. The molecule has 0 aromatic carbocycles. The highest BCUT2D eigenvalue weighted by molar-refractivity contribution is 5.83. The van der Waals surface area contributed by atoms with Crippen LogP contribution in [0.1, 0.15) is 79.1 Å². The first kappa shape index (κ1) is 19.9. The molecule has 0 spiro atoms. The molecule has 0 aliphatic heterocycles. The van der Waals surface area contributed by atoms with Gasteiger partial charge >= 0.3 is 11.9 Å². The van der Waals surface area contributed by atoms with E-state index in [4.69, 9.17) is 9.47 Å². The molecule has 0 aromatic rings. The van der Waals surface area contributed by atoms with E-state index in [2.05, 4.69) is 13.8 Å². The van der Waals surface area contributed by atoms with Crippen LogP contribution in [0.15, 0.2) is 0 Å². The summed E-state index contributed by atoms with van der Waals surface area (Å²) in [6.07, 6.45) is 7.21. The van der Waals surface area contributed by atoms with E-state index in [0.29, 0.717) is 30.0 Å². The Hall–Kier alpha value is -1.39. The first-order valence-electron chi connectivity index (χ1n) is 11.0. The second kappa shape index (κ2) is 6.84. The van der Waals surface area contributed by atoms with Crippen LogP contribution in [0, 0.1) is 34.5 Å². The third-order valence-electron chi connectivity index (χ3n) is 8.98. The van der Waals surface area contributed by atoms with Gasteiger partial charge in [-0.1, -0.05) is 13.8 Å². The fourth-order valence-electron chi connectivity index (χ4n) is 7.58. The minimum absolute atomic E-state index is 0.0337. The lowest BCUT2D eigenvalue weighted by Gasteiger charge is -2.59. The number of hydrogen-bond donors (Lipinski definition) is 0. The third-order valence-corrected chi connectivity index (χ3v) is 8.98. The largest absolute Gasteiger partial charge is 0.463 e. The fraction of sp³-hybridized carbons (Fsp3) is 0.870. The van der Waals surface area contributed by atoms with Crippen molar-refractivity contribution in [2.75, 3.05) is 0 Å². The molecule has 0 radical (unpaired) electrons. The lowest BCUT2D eigenvalue weighted by Crippen LogP contribution is -2.58. The molecule has 4 saturated carbocycles. The van der Waals surface area contributed by atoms with Crippen molar-refractivity contribution in [2.45, 2.75) is 91.3 Å². The summed E-state index contributed by atoms with van der Waals surface area (Å²) in [5, 5.41) is 0. The van der Waals surface area contributed by atoms with Crippen LogP contribution in [-0.4, -0.2) is 29.9 Å². The molecular weight excluding hydrogens is 356 g/mol. The Morgan fingerprint density at radius 1 is 0.893 bits per heavy atom. The van der Waals surface area contributed by atoms with Gasteiger partial charge in [0.1, 0.15) is 18.0 Å². The number of fused-ring (bicyclic) bond motifs is 5. The summed E-state index contributed by atoms with van der Waals surface area (Å²) in [7, 11) is 0. The van der Waals surface area contributed by atoms with Gasteiger partial charge in [0, 0.05) is 31.6 Å². The molecule has 0 aromatic heterocycles. The van der Waals surface area contributed by atoms with Crippen LogP contribution in [0.25, 0.3) is 0 Å². The Bertz CT molecular complexity index is 686. The molecule has 5 nitrogen and oxygen atoms in total. The van der Waals surface area contributed by atoms with Crippen molar-refractivity contribution in [3.8, 4) is 0 Å². The highest BCUT2D eigenvalue weighted by atomic mass is 16.5. The first-order chi connectivity index (χ1) is 13.1. The molecule has 8 atom stereocenters. The average Bonchev–Trinajstić information content (AvgIpc) is 2.92. The molecule has 0 amide bonds. The van der Waals surface area contributed by atoms with Crippen LogP contribution in [0.4, 0.5) is 0 Å². The normalized spacial score (nSPS) is 47.5. The second-order valence-electron chi connectivity index (χ2n) is 10.3. The van der Waals surface area contributed by atoms with E-state index in [0.717, 1.165) is 44.9 Å². The zero-order chi connectivity index (χ0) is 20.3. The van der Waals surface area contributed by atoms with Gasteiger partial charge in [-0.25, -0.2) is 0 Å². The molecule has 156 valence electrons.